The lowest BCUT2D eigenvalue weighted by Crippen LogP contribution is -2.22. The van der Waals surface area contributed by atoms with Crippen molar-refractivity contribution in [3.05, 3.63) is 75.0 Å². The Morgan fingerprint density at radius 3 is 2.60 bits per heavy atom. The van der Waals surface area contributed by atoms with Crippen LogP contribution in [-0.2, 0) is 9.53 Å². The fourth-order valence-corrected chi connectivity index (χ4v) is 2.72. The lowest BCUT2D eigenvalue weighted by molar-refractivity contribution is -0.119. The number of aromatic amines is 1. The minimum atomic E-state index is -0.732. The average molecular weight is 401 g/mol. The van der Waals surface area contributed by atoms with E-state index in [0.717, 1.165) is 10.5 Å². The standard InChI is InChI=1S/C18H13BrN2O4/c19-13-6-2-4-8-15(13)21-17(23)10-25-18(24)12-9-16(22)20-14-7-3-1-5-11(12)14/h1-9H,10H2,(H,20,22)(H,21,23). The maximum absolute atomic E-state index is 12.3. The van der Waals surface area contributed by atoms with Gasteiger partial charge in [0.25, 0.3) is 5.91 Å². The van der Waals surface area contributed by atoms with Crippen LogP contribution in [0.4, 0.5) is 5.69 Å². The molecule has 0 spiro atoms. The number of rotatable bonds is 4. The van der Waals surface area contributed by atoms with Crippen LogP contribution >= 0.6 is 15.9 Å². The molecule has 3 aromatic rings. The van der Waals surface area contributed by atoms with Gasteiger partial charge in [-0.2, -0.15) is 0 Å². The zero-order valence-electron chi connectivity index (χ0n) is 12.9. The Kier molecular flexibility index (Phi) is 4.95. The van der Waals surface area contributed by atoms with Crippen molar-refractivity contribution < 1.29 is 14.3 Å². The number of pyridine rings is 1. The Labute approximate surface area is 151 Å². The summed E-state index contributed by atoms with van der Waals surface area (Å²) in [5.74, 6) is -1.21. The van der Waals surface area contributed by atoms with Gasteiger partial charge in [-0.05, 0) is 34.1 Å². The van der Waals surface area contributed by atoms with Crippen molar-refractivity contribution in [2.75, 3.05) is 11.9 Å². The van der Waals surface area contributed by atoms with Crippen LogP contribution in [0.15, 0.2) is 63.9 Å². The molecule has 6 nitrogen and oxygen atoms in total. The second-order valence-corrected chi connectivity index (χ2v) is 6.05. The summed E-state index contributed by atoms with van der Waals surface area (Å²) in [5.41, 5.74) is 0.807. The number of esters is 1. The summed E-state index contributed by atoms with van der Waals surface area (Å²) in [5, 5.41) is 3.19. The van der Waals surface area contributed by atoms with Gasteiger partial charge in [0.2, 0.25) is 5.56 Å². The number of carbonyl (C=O) groups excluding carboxylic acids is 2. The first-order chi connectivity index (χ1) is 12.0. The number of hydrogen-bond donors (Lipinski definition) is 2. The number of nitrogens with one attached hydrogen (secondary N) is 2. The highest BCUT2D eigenvalue weighted by Crippen LogP contribution is 2.21. The Morgan fingerprint density at radius 2 is 1.80 bits per heavy atom. The average Bonchev–Trinajstić information content (AvgIpc) is 2.61. The Morgan fingerprint density at radius 1 is 1.08 bits per heavy atom. The van der Waals surface area contributed by atoms with Gasteiger partial charge in [0.1, 0.15) is 0 Å². The third-order valence-corrected chi connectivity index (χ3v) is 4.14. The first-order valence-electron chi connectivity index (χ1n) is 7.38. The van der Waals surface area contributed by atoms with Crippen molar-refractivity contribution in [2.24, 2.45) is 0 Å². The van der Waals surface area contributed by atoms with E-state index in [1.165, 1.54) is 0 Å². The molecule has 1 aromatic heterocycles. The predicted octanol–water partition coefficient (Wildman–Crippen LogP) is 3.09. The zero-order valence-corrected chi connectivity index (χ0v) is 14.5. The van der Waals surface area contributed by atoms with Crippen molar-refractivity contribution >= 4 is 44.4 Å². The van der Waals surface area contributed by atoms with Crippen LogP contribution in [0.2, 0.25) is 0 Å². The molecule has 0 bridgehead atoms. The summed E-state index contributed by atoms with van der Waals surface area (Å²) in [6.45, 7) is -0.457. The number of fused-ring (bicyclic) bond motifs is 1. The summed E-state index contributed by atoms with van der Waals surface area (Å²) in [4.78, 5) is 38.5. The fourth-order valence-electron chi connectivity index (χ4n) is 2.33. The molecule has 1 heterocycles. The molecule has 0 fully saturated rings. The number of para-hydroxylation sites is 2. The van der Waals surface area contributed by atoms with Crippen LogP contribution in [0.5, 0.6) is 0 Å². The van der Waals surface area contributed by atoms with Gasteiger partial charge in [-0.1, -0.05) is 30.3 Å². The highest BCUT2D eigenvalue weighted by atomic mass is 79.9. The van der Waals surface area contributed by atoms with Crippen molar-refractivity contribution in [2.45, 2.75) is 0 Å². The molecule has 0 aliphatic heterocycles. The highest BCUT2D eigenvalue weighted by Gasteiger charge is 2.15. The molecule has 0 radical (unpaired) electrons. The molecular weight excluding hydrogens is 388 g/mol. The number of anilines is 1. The predicted molar refractivity (Wildman–Crippen MR) is 97.6 cm³/mol. The van der Waals surface area contributed by atoms with Gasteiger partial charge < -0.3 is 15.0 Å². The molecule has 7 heteroatoms. The molecule has 0 aliphatic carbocycles. The third-order valence-electron chi connectivity index (χ3n) is 3.45. The molecule has 0 atom stereocenters. The number of amides is 1. The van der Waals surface area contributed by atoms with Crippen molar-refractivity contribution in [3.8, 4) is 0 Å². The number of ether oxygens (including phenoxy) is 1. The van der Waals surface area contributed by atoms with E-state index in [1.807, 2.05) is 6.07 Å². The summed E-state index contributed by atoms with van der Waals surface area (Å²) in [7, 11) is 0. The number of halogens is 1. The van der Waals surface area contributed by atoms with Gasteiger partial charge in [-0.25, -0.2) is 4.79 Å². The molecule has 0 unspecified atom stereocenters. The topological polar surface area (TPSA) is 88.3 Å². The summed E-state index contributed by atoms with van der Waals surface area (Å²) >= 11 is 3.32. The van der Waals surface area contributed by atoms with Crippen molar-refractivity contribution in [1.82, 2.24) is 4.98 Å². The van der Waals surface area contributed by atoms with Gasteiger partial charge in [-0.3, -0.25) is 9.59 Å². The molecule has 126 valence electrons. The monoisotopic (exact) mass is 400 g/mol. The van der Waals surface area contributed by atoms with Crippen molar-refractivity contribution in [3.63, 3.8) is 0 Å². The van der Waals surface area contributed by atoms with E-state index in [9.17, 15) is 14.4 Å². The van der Waals surface area contributed by atoms with Crippen molar-refractivity contribution in [1.29, 1.82) is 0 Å². The first-order valence-corrected chi connectivity index (χ1v) is 8.17. The van der Waals surface area contributed by atoms with Gasteiger partial charge in [0.05, 0.1) is 11.3 Å². The minimum Gasteiger partial charge on any atom is -0.452 e. The largest absolute Gasteiger partial charge is 0.452 e. The molecule has 2 N–H and O–H groups in total. The second kappa shape index (κ2) is 7.31. The van der Waals surface area contributed by atoms with Crippen LogP contribution in [0, 0.1) is 0 Å². The molecular formula is C18H13BrN2O4. The number of hydrogen-bond acceptors (Lipinski definition) is 4. The van der Waals surface area contributed by atoms with E-state index in [2.05, 4.69) is 26.2 Å². The van der Waals surface area contributed by atoms with Gasteiger partial charge in [0, 0.05) is 21.4 Å². The second-order valence-electron chi connectivity index (χ2n) is 5.20. The Balaban J connectivity index is 1.72. The van der Waals surface area contributed by atoms with E-state index in [0.29, 0.717) is 16.6 Å². The maximum Gasteiger partial charge on any atom is 0.339 e. The van der Waals surface area contributed by atoms with E-state index in [1.54, 1.807) is 42.5 Å². The van der Waals surface area contributed by atoms with Gasteiger partial charge >= 0.3 is 5.97 Å². The summed E-state index contributed by atoms with van der Waals surface area (Å²) < 4.78 is 5.76. The molecule has 2 aromatic carbocycles. The lowest BCUT2D eigenvalue weighted by Gasteiger charge is -2.09. The number of aromatic nitrogens is 1. The van der Waals surface area contributed by atoms with Gasteiger partial charge in [0.15, 0.2) is 6.61 Å². The fraction of sp³-hybridized carbons (Fsp3) is 0.0556. The third kappa shape index (κ3) is 3.95. The molecule has 0 aliphatic rings. The van der Waals surface area contributed by atoms with Crippen LogP contribution in [0.25, 0.3) is 10.9 Å². The Bertz CT molecular complexity index is 1010. The van der Waals surface area contributed by atoms with Crippen LogP contribution in [0.3, 0.4) is 0 Å². The first kappa shape index (κ1) is 16.9. The van der Waals surface area contributed by atoms with Crippen LogP contribution < -0.4 is 10.9 Å². The minimum absolute atomic E-state index is 0.119. The zero-order chi connectivity index (χ0) is 17.8. The van der Waals surface area contributed by atoms with E-state index >= 15 is 0 Å². The maximum atomic E-state index is 12.3. The molecule has 1 amide bonds. The molecule has 0 saturated carbocycles. The molecule has 0 saturated heterocycles. The van der Waals surface area contributed by atoms with E-state index in [-0.39, 0.29) is 5.56 Å². The molecule has 3 rings (SSSR count). The van der Waals surface area contributed by atoms with E-state index < -0.39 is 24.0 Å². The Hall–Kier alpha value is -2.93. The number of benzene rings is 2. The lowest BCUT2D eigenvalue weighted by atomic mass is 10.1. The summed E-state index contributed by atoms with van der Waals surface area (Å²) in [6.07, 6.45) is 0. The highest BCUT2D eigenvalue weighted by molar-refractivity contribution is 9.10. The molecule has 25 heavy (non-hydrogen) atoms. The normalized spacial score (nSPS) is 10.4. The van der Waals surface area contributed by atoms with E-state index in [4.69, 9.17) is 4.74 Å². The van der Waals surface area contributed by atoms with Gasteiger partial charge in [-0.15, -0.1) is 0 Å². The summed E-state index contributed by atoms with van der Waals surface area (Å²) in [6, 6.07) is 15.1. The van der Waals surface area contributed by atoms with Crippen LogP contribution in [-0.4, -0.2) is 23.5 Å². The smallest absolute Gasteiger partial charge is 0.339 e. The number of H-pyrrole nitrogens is 1. The quantitative estimate of drug-likeness (QED) is 0.658. The van der Waals surface area contributed by atoms with Crippen LogP contribution in [0.1, 0.15) is 10.4 Å². The SMILES string of the molecule is O=C(COC(=O)c1cc(=O)[nH]c2ccccc12)Nc1ccccc1Br. The number of carbonyl (C=O) groups is 2.